The topological polar surface area (TPSA) is 67.2 Å². The summed E-state index contributed by atoms with van der Waals surface area (Å²) in [5.41, 5.74) is 20.1. The number of aromatic nitrogens is 12. The van der Waals surface area contributed by atoms with Crippen LogP contribution in [-0.4, -0.2) is 32.0 Å². The molecule has 15 aromatic heterocycles. The summed E-state index contributed by atoms with van der Waals surface area (Å²) in [6, 6.07) is 90.9. The van der Waals surface area contributed by atoms with Crippen LogP contribution in [0.1, 0.15) is 55.8 Å². The van der Waals surface area contributed by atoms with Crippen molar-refractivity contribution in [1.29, 1.82) is 0 Å². The highest BCUT2D eigenvalue weighted by molar-refractivity contribution is 6.23. The van der Waals surface area contributed by atoms with Gasteiger partial charge in [0.15, 0.2) is 35.5 Å². The molecule has 0 atom stereocenters. The molecule has 28 rings (SSSR count). The highest BCUT2D eigenvalue weighted by atomic mass is 19.4. The van der Waals surface area contributed by atoms with Crippen LogP contribution in [0.3, 0.4) is 0 Å². The molecule has 0 N–H and O–H groups in total. The van der Waals surface area contributed by atoms with Crippen molar-refractivity contribution in [3.8, 4) is 56.9 Å². The smallest absolute Gasteiger partial charge is 0.304 e. The lowest BCUT2D eigenvalue weighted by molar-refractivity contribution is -0.663. The summed E-state index contributed by atoms with van der Waals surface area (Å²) < 4.78 is 221. The number of alkyl halides is 15. The second-order valence-electron chi connectivity index (χ2n) is 37.9. The third-order valence-corrected chi connectivity index (χ3v) is 29.6. The lowest BCUT2D eigenvalue weighted by Crippen LogP contribution is -2.33. The van der Waals surface area contributed by atoms with Crippen LogP contribution >= 0.6 is 0 Å². The summed E-state index contributed by atoms with van der Waals surface area (Å²) in [5, 5.41) is 20.0. The van der Waals surface area contributed by atoms with E-state index in [1.807, 2.05) is 189 Å². The fourth-order valence-electron chi connectivity index (χ4n) is 23.0. The number of aryl methyl sites for hydroxylation is 10. The zero-order valence-electron chi connectivity index (χ0n) is 80.2. The minimum atomic E-state index is -4.49. The van der Waals surface area contributed by atoms with Crippen LogP contribution in [0.5, 0.6) is 0 Å². The number of hydrogen-bond acceptors (Lipinski definition) is 2. The number of nitrogens with zero attached hydrogens (tertiary/aromatic N) is 12. The Kier molecular flexibility index (Phi) is 20.9. The van der Waals surface area contributed by atoms with Crippen LogP contribution in [0.2, 0.25) is 0 Å². The highest BCUT2D eigenvalue weighted by Crippen LogP contribution is 2.51. The maximum atomic E-state index is 13.7. The van der Waals surface area contributed by atoms with Crippen molar-refractivity contribution in [3.63, 3.8) is 0 Å². The fraction of sp³-hybridized carbons (Fsp3) is 0.125. The van der Waals surface area contributed by atoms with E-state index in [0.717, 1.165) is 228 Å². The van der Waals surface area contributed by atoms with Crippen molar-refractivity contribution in [2.75, 3.05) is 0 Å². The predicted octanol–water partition coefficient (Wildman–Crippen LogP) is 29.8. The van der Waals surface area contributed by atoms with Gasteiger partial charge in [0.1, 0.15) is 43.8 Å². The second kappa shape index (κ2) is 33.2. The summed E-state index contributed by atoms with van der Waals surface area (Å²) in [5.74, 6) is 0. The zero-order chi connectivity index (χ0) is 102. The van der Waals surface area contributed by atoms with Crippen LogP contribution in [-0.2, 0) is 66.1 Å². The molecule has 0 amide bonds. The van der Waals surface area contributed by atoms with Gasteiger partial charge < -0.3 is 22.0 Å². The SMILES string of the molecule is Cc1c(-c2c3cc(C(F)(F)F)ccc3cc[n+]2C)n2c3ccccc3c3cccc1c32.Cc1c(-c2c3ccc(C(F)(F)F)cc3cc[n+]2C)n2c3ccccc3c3cccc1c32.Cc1c(-c2c3cccc(C(F)(F)F)c3nc[n+]2C)n2c3ccccc3c3cccc1c32.Cc1c(-c2cc(C(F)(F)F)cc[n+]2C)n2c3ccccc3c3cccc1c32.Cc1c(-c2cc(C(F)(F)F)nc[n+]2C)n2c3ccccc3c3cccc1c32. The van der Waals surface area contributed by atoms with Crippen molar-refractivity contribution in [2.24, 2.45) is 35.2 Å². The molecule has 0 aliphatic carbocycles. The number of rotatable bonds is 5. The monoisotopic (exact) mass is 1980 g/mol. The summed E-state index contributed by atoms with van der Waals surface area (Å²) >= 11 is 0. The largest absolute Gasteiger partial charge is 0.458 e. The lowest BCUT2D eigenvalue weighted by Gasteiger charge is -2.11. The van der Waals surface area contributed by atoms with Crippen LogP contribution in [0, 0.1) is 34.6 Å². The number of hydrogen-bond donors (Lipinski definition) is 0. The van der Waals surface area contributed by atoms with Crippen LogP contribution in [0.25, 0.3) is 225 Å². The zero-order valence-corrected chi connectivity index (χ0v) is 80.2. The van der Waals surface area contributed by atoms with E-state index in [4.69, 9.17) is 0 Å². The molecule has 147 heavy (non-hydrogen) atoms. The quantitative estimate of drug-likeness (QED) is 0.127. The van der Waals surface area contributed by atoms with Gasteiger partial charge in [-0.2, -0.15) is 79.6 Å². The molecule has 27 heteroatoms. The molecule has 0 bridgehead atoms. The normalized spacial score (nSPS) is 12.7. The van der Waals surface area contributed by atoms with Crippen molar-refractivity contribution < 1.29 is 88.7 Å². The molecule has 0 saturated carbocycles. The van der Waals surface area contributed by atoms with Gasteiger partial charge in [0.2, 0.25) is 17.1 Å². The summed E-state index contributed by atoms with van der Waals surface area (Å²) in [4.78, 5) is 7.72. The van der Waals surface area contributed by atoms with E-state index in [0.29, 0.717) is 33.2 Å². The van der Waals surface area contributed by atoms with Gasteiger partial charge in [-0.15, -0.1) is 0 Å². The van der Waals surface area contributed by atoms with E-state index in [-0.39, 0.29) is 5.52 Å². The number of halogens is 15. The molecule has 0 radical (unpaired) electrons. The van der Waals surface area contributed by atoms with E-state index >= 15 is 0 Å². The molecule has 13 aromatic carbocycles. The van der Waals surface area contributed by atoms with Gasteiger partial charge in [0, 0.05) is 111 Å². The second-order valence-corrected chi connectivity index (χ2v) is 37.9. The number of benzene rings is 13. The summed E-state index contributed by atoms with van der Waals surface area (Å²) in [7, 11) is 9.16. The molecule has 0 fully saturated rings. The van der Waals surface area contributed by atoms with Crippen molar-refractivity contribution in [2.45, 2.75) is 65.5 Å². The molecule has 0 aliphatic heterocycles. The molecular formula is C120H84F15N12+5. The molecule has 0 unspecified atom stereocenters. The molecule has 12 nitrogen and oxygen atoms in total. The third-order valence-electron chi connectivity index (χ3n) is 29.6. The Morgan fingerprint density at radius 3 is 0.918 bits per heavy atom. The molecule has 0 spiro atoms. The highest BCUT2D eigenvalue weighted by Gasteiger charge is 2.43. The van der Waals surface area contributed by atoms with E-state index in [9.17, 15) is 65.9 Å². The summed E-state index contributed by atoms with van der Waals surface area (Å²) in [6.07, 6.45) is -14.2. The lowest BCUT2D eigenvalue weighted by atomic mass is 10.0. The first kappa shape index (κ1) is 92.3. The Morgan fingerprint density at radius 2 is 0.524 bits per heavy atom. The molecule has 0 aliphatic rings. The van der Waals surface area contributed by atoms with Gasteiger partial charge >= 0.3 is 30.9 Å². The molecule has 724 valence electrons. The van der Waals surface area contributed by atoms with Crippen molar-refractivity contribution >= 4 is 168 Å². The first-order chi connectivity index (χ1) is 70.3. The number of fused-ring (bicyclic) bond motifs is 18. The van der Waals surface area contributed by atoms with Crippen molar-refractivity contribution in [1.82, 2.24) is 32.0 Å². The van der Waals surface area contributed by atoms with Gasteiger partial charge in [-0.1, -0.05) is 194 Å². The van der Waals surface area contributed by atoms with Gasteiger partial charge in [-0.05, 0) is 156 Å². The average molecular weight is 1980 g/mol. The fourth-order valence-corrected chi connectivity index (χ4v) is 23.0. The Labute approximate surface area is 826 Å². The number of para-hydroxylation sites is 11. The van der Waals surface area contributed by atoms with Crippen LogP contribution < -0.4 is 22.8 Å². The maximum Gasteiger partial charge on any atom is 0.458 e. The maximum absolute atomic E-state index is 13.7. The van der Waals surface area contributed by atoms with Gasteiger partial charge in [0.25, 0.3) is 18.3 Å². The first-order valence-corrected chi connectivity index (χ1v) is 47.4. The Balaban J connectivity index is 0.0000000984. The Morgan fingerprint density at radius 1 is 0.218 bits per heavy atom. The predicted molar refractivity (Wildman–Crippen MR) is 548 cm³/mol. The standard InChI is InChI=1S/2C26H18F3N2.C25H17F3N3.C22H16F3N2.C21H15F3N3/c1-15-18-7-5-8-21-20-6-3-4-9-22(20)31(24(18)21)23(15)25-19-11-10-17(26(27,28)29)14-16(19)12-13-30(25)2;1-15-18-7-5-8-20-19-6-3-4-9-22(19)31(24(18)20)23(15)25-21-14-17(26(27,28)29)11-10-16(21)12-13-30(25)2;1-14-15-8-5-9-17-16-7-3-4-12-20(16)31(23(15)17)22(14)24-18-10-6-11-19(25(26,27)28)21(18)29-13-30(24)2;1-13-15-7-5-8-17-16-6-3-4-9-18(16)27(21(15)17)20(13)19-12-14(22(23,24)25)10-11-26(19)2;1-12-13-7-5-8-15-14-6-3-4-9-16(14)27(20(13)15)19(12)17-10-18(21(22,23)24)25-11-26(17)2/h2*3-14H,1-2H3;3-13H,1-2H3;3-12H,1-2H3;3-11H,1-2H3/q5*+1. The van der Waals surface area contributed by atoms with E-state index in [2.05, 4.69) is 143 Å². The molecular weight excluding hydrogens is 1890 g/mol. The Bertz CT molecular complexity index is 9910. The molecule has 0 saturated heterocycles. The van der Waals surface area contributed by atoms with Crippen molar-refractivity contribution in [3.05, 3.63) is 384 Å². The third kappa shape index (κ3) is 14.2. The van der Waals surface area contributed by atoms with E-state index < -0.39 is 58.8 Å². The molecule has 28 aromatic rings. The van der Waals surface area contributed by atoms with Gasteiger partial charge in [0.05, 0.1) is 113 Å². The van der Waals surface area contributed by atoms with Gasteiger partial charge in [-0.25, -0.2) is 9.13 Å². The van der Waals surface area contributed by atoms with Crippen LogP contribution in [0.15, 0.2) is 328 Å². The summed E-state index contributed by atoms with van der Waals surface area (Å²) in [6.45, 7) is 10.1. The molecule has 15 heterocycles. The van der Waals surface area contributed by atoms with E-state index in [1.54, 1.807) is 47.5 Å². The minimum absolute atomic E-state index is 0.0351. The number of pyridine rings is 3. The van der Waals surface area contributed by atoms with Crippen LogP contribution in [0.4, 0.5) is 65.9 Å². The first-order valence-electron chi connectivity index (χ1n) is 47.4. The van der Waals surface area contributed by atoms with Gasteiger partial charge in [-0.3, -0.25) is 0 Å². The minimum Gasteiger partial charge on any atom is -0.304 e. The average Bonchev–Trinajstić information content (AvgIpc) is 1.55. The van der Waals surface area contributed by atoms with E-state index in [1.165, 1.54) is 60.0 Å². The Hall–Kier alpha value is -17.1.